The first-order chi connectivity index (χ1) is 12.7. The fourth-order valence-electron chi connectivity index (χ4n) is 3.23. The second-order valence-electron chi connectivity index (χ2n) is 6.32. The number of aromatic amines is 1. The Morgan fingerprint density at radius 3 is 2.81 bits per heavy atom. The van der Waals surface area contributed by atoms with Gasteiger partial charge in [-0.25, -0.2) is 4.39 Å². The Bertz CT molecular complexity index is 933. The first kappa shape index (κ1) is 16.5. The molecule has 1 fully saturated rings. The van der Waals surface area contributed by atoms with Gasteiger partial charge in [-0.1, -0.05) is 24.3 Å². The van der Waals surface area contributed by atoms with E-state index in [1.807, 2.05) is 35.2 Å². The molecule has 0 spiro atoms. The van der Waals surface area contributed by atoms with Gasteiger partial charge in [0.1, 0.15) is 5.82 Å². The second-order valence-corrected chi connectivity index (χ2v) is 6.32. The van der Waals surface area contributed by atoms with Crippen molar-refractivity contribution in [3.63, 3.8) is 0 Å². The van der Waals surface area contributed by atoms with Crippen molar-refractivity contribution in [2.24, 2.45) is 0 Å². The Labute approximate surface area is 150 Å². The lowest BCUT2D eigenvalue weighted by molar-refractivity contribution is 0.0947. The zero-order valence-corrected chi connectivity index (χ0v) is 14.3. The van der Waals surface area contributed by atoms with E-state index >= 15 is 0 Å². The highest BCUT2D eigenvalue weighted by molar-refractivity contribution is 6.04. The number of hydrogen-bond donors (Lipinski definition) is 3. The van der Waals surface area contributed by atoms with Crippen molar-refractivity contribution in [3.05, 3.63) is 59.5 Å². The average molecular weight is 353 g/mol. The lowest BCUT2D eigenvalue weighted by Gasteiger charge is -2.29. The van der Waals surface area contributed by atoms with Crippen LogP contribution in [0.3, 0.4) is 0 Å². The molecule has 1 aliphatic heterocycles. The van der Waals surface area contributed by atoms with Gasteiger partial charge in [0.05, 0.1) is 11.2 Å². The maximum absolute atomic E-state index is 14.4. The lowest BCUT2D eigenvalue weighted by Crippen LogP contribution is -2.43. The van der Waals surface area contributed by atoms with Crippen molar-refractivity contribution in [1.29, 1.82) is 0 Å². The normalized spacial score (nSPS) is 14.6. The molecule has 2 heterocycles. The summed E-state index contributed by atoms with van der Waals surface area (Å²) in [7, 11) is 0. The first-order valence-electron chi connectivity index (χ1n) is 8.68. The Morgan fingerprint density at radius 2 is 2.00 bits per heavy atom. The van der Waals surface area contributed by atoms with Crippen LogP contribution in [0.2, 0.25) is 0 Å². The van der Waals surface area contributed by atoms with Gasteiger partial charge in [0.25, 0.3) is 5.91 Å². The average Bonchev–Trinajstić information content (AvgIpc) is 3.11. The van der Waals surface area contributed by atoms with Crippen molar-refractivity contribution in [2.75, 3.05) is 31.1 Å². The zero-order valence-electron chi connectivity index (χ0n) is 14.3. The van der Waals surface area contributed by atoms with Crippen LogP contribution in [-0.2, 0) is 6.54 Å². The van der Waals surface area contributed by atoms with Gasteiger partial charge in [0.2, 0.25) is 0 Å². The van der Waals surface area contributed by atoms with E-state index in [1.54, 1.807) is 6.07 Å². The van der Waals surface area contributed by atoms with Crippen LogP contribution in [0, 0.1) is 5.82 Å². The third-order valence-electron chi connectivity index (χ3n) is 4.61. The molecule has 3 N–H and O–H groups in total. The van der Waals surface area contributed by atoms with Crippen molar-refractivity contribution >= 4 is 22.5 Å². The van der Waals surface area contributed by atoms with Gasteiger partial charge in [0.15, 0.2) is 5.69 Å². The number of rotatable bonds is 4. The molecule has 7 heteroatoms. The number of aromatic nitrogens is 2. The Kier molecular flexibility index (Phi) is 4.53. The maximum Gasteiger partial charge on any atom is 0.272 e. The standard InChI is InChI=1S/C19H20FN5O/c20-15-11-13(5-6-17(15)25-9-7-21-8-10-25)12-22-19(26)18-14-3-1-2-4-16(14)23-24-18/h1-6,11,21H,7-10,12H2,(H,22,26)(H,23,24). The highest BCUT2D eigenvalue weighted by atomic mass is 19.1. The largest absolute Gasteiger partial charge is 0.367 e. The molecular weight excluding hydrogens is 333 g/mol. The number of para-hydroxylation sites is 1. The second kappa shape index (κ2) is 7.13. The summed E-state index contributed by atoms with van der Waals surface area (Å²) in [5.41, 5.74) is 2.48. The molecule has 0 atom stereocenters. The van der Waals surface area contributed by atoms with E-state index in [2.05, 4.69) is 20.8 Å². The van der Waals surface area contributed by atoms with E-state index in [1.165, 1.54) is 6.07 Å². The summed E-state index contributed by atoms with van der Waals surface area (Å²) in [5, 5.41) is 13.7. The number of amides is 1. The van der Waals surface area contributed by atoms with E-state index in [9.17, 15) is 9.18 Å². The summed E-state index contributed by atoms with van der Waals surface area (Å²) in [6.45, 7) is 3.54. The molecule has 1 saturated heterocycles. The molecule has 134 valence electrons. The number of carbonyl (C=O) groups excluding carboxylic acids is 1. The molecule has 2 aromatic carbocycles. The van der Waals surface area contributed by atoms with Gasteiger partial charge in [-0.3, -0.25) is 9.89 Å². The predicted octanol–water partition coefficient (Wildman–Crippen LogP) is 2.04. The lowest BCUT2D eigenvalue weighted by atomic mass is 10.1. The molecule has 26 heavy (non-hydrogen) atoms. The van der Waals surface area contributed by atoms with Crippen molar-refractivity contribution in [1.82, 2.24) is 20.8 Å². The topological polar surface area (TPSA) is 73.1 Å². The molecule has 4 rings (SSSR count). The van der Waals surface area contributed by atoms with Crippen LogP contribution in [0.4, 0.5) is 10.1 Å². The Balaban J connectivity index is 1.44. The number of fused-ring (bicyclic) bond motifs is 1. The van der Waals surface area contributed by atoms with E-state index < -0.39 is 0 Å². The molecule has 1 aliphatic rings. The number of benzene rings is 2. The number of carbonyl (C=O) groups is 1. The summed E-state index contributed by atoms with van der Waals surface area (Å²) in [6, 6.07) is 12.6. The van der Waals surface area contributed by atoms with Crippen molar-refractivity contribution < 1.29 is 9.18 Å². The van der Waals surface area contributed by atoms with E-state index in [-0.39, 0.29) is 18.3 Å². The van der Waals surface area contributed by atoms with Gasteiger partial charge in [0, 0.05) is 38.1 Å². The number of nitrogens with one attached hydrogen (secondary N) is 3. The van der Waals surface area contributed by atoms with Crippen LogP contribution in [0.15, 0.2) is 42.5 Å². The summed E-state index contributed by atoms with van der Waals surface area (Å²) in [4.78, 5) is 14.4. The molecule has 3 aromatic rings. The Hall–Kier alpha value is -2.93. The summed E-state index contributed by atoms with van der Waals surface area (Å²) < 4.78 is 14.4. The van der Waals surface area contributed by atoms with Gasteiger partial charge < -0.3 is 15.5 Å². The van der Waals surface area contributed by atoms with Crippen LogP contribution in [-0.4, -0.2) is 42.3 Å². The monoisotopic (exact) mass is 353 g/mol. The van der Waals surface area contributed by atoms with Gasteiger partial charge >= 0.3 is 0 Å². The maximum atomic E-state index is 14.4. The van der Waals surface area contributed by atoms with Gasteiger partial charge in [-0.2, -0.15) is 5.10 Å². The highest BCUT2D eigenvalue weighted by Gasteiger charge is 2.16. The minimum atomic E-state index is -0.283. The summed E-state index contributed by atoms with van der Waals surface area (Å²) in [6.07, 6.45) is 0. The smallest absolute Gasteiger partial charge is 0.272 e. The molecule has 1 aromatic heterocycles. The number of H-pyrrole nitrogens is 1. The number of hydrogen-bond acceptors (Lipinski definition) is 4. The van der Waals surface area contributed by atoms with Gasteiger partial charge in [-0.05, 0) is 23.8 Å². The summed E-state index contributed by atoms with van der Waals surface area (Å²) >= 11 is 0. The Morgan fingerprint density at radius 1 is 1.19 bits per heavy atom. The highest BCUT2D eigenvalue weighted by Crippen LogP contribution is 2.21. The van der Waals surface area contributed by atoms with E-state index in [0.29, 0.717) is 11.4 Å². The minimum Gasteiger partial charge on any atom is -0.367 e. The third kappa shape index (κ3) is 3.25. The molecule has 6 nitrogen and oxygen atoms in total. The van der Waals surface area contributed by atoms with Crippen molar-refractivity contribution in [3.8, 4) is 0 Å². The predicted molar refractivity (Wildman–Crippen MR) is 98.7 cm³/mol. The van der Waals surface area contributed by atoms with E-state index in [0.717, 1.165) is 42.6 Å². The molecule has 1 amide bonds. The number of halogens is 1. The molecule has 0 radical (unpaired) electrons. The number of anilines is 1. The SMILES string of the molecule is O=C(NCc1ccc(N2CCNCC2)c(F)c1)c1n[nH]c2ccccc12. The van der Waals surface area contributed by atoms with Crippen LogP contribution in [0.1, 0.15) is 16.1 Å². The molecule has 0 saturated carbocycles. The third-order valence-corrected chi connectivity index (χ3v) is 4.61. The zero-order chi connectivity index (χ0) is 17.9. The quantitative estimate of drug-likeness (QED) is 0.671. The van der Waals surface area contributed by atoms with Crippen LogP contribution in [0.25, 0.3) is 10.9 Å². The van der Waals surface area contributed by atoms with Crippen molar-refractivity contribution in [2.45, 2.75) is 6.54 Å². The molecular formula is C19H20FN5O. The van der Waals surface area contributed by atoms with Gasteiger partial charge in [-0.15, -0.1) is 0 Å². The fraction of sp³-hybridized carbons (Fsp3) is 0.263. The van der Waals surface area contributed by atoms with Crippen LogP contribution in [0.5, 0.6) is 0 Å². The fourth-order valence-corrected chi connectivity index (χ4v) is 3.23. The number of piperazine rings is 1. The summed E-state index contributed by atoms with van der Waals surface area (Å²) in [5.74, 6) is -0.544. The molecule has 0 bridgehead atoms. The minimum absolute atomic E-state index is 0.249. The van der Waals surface area contributed by atoms with Crippen LogP contribution >= 0.6 is 0 Å². The molecule has 0 aliphatic carbocycles. The van der Waals surface area contributed by atoms with E-state index in [4.69, 9.17) is 0 Å². The molecule has 0 unspecified atom stereocenters. The first-order valence-corrected chi connectivity index (χ1v) is 8.68. The van der Waals surface area contributed by atoms with Crippen LogP contribution < -0.4 is 15.5 Å². The number of nitrogens with zero attached hydrogens (tertiary/aromatic N) is 2.